The molecule has 0 saturated carbocycles. The van der Waals surface area contributed by atoms with E-state index in [4.69, 9.17) is 4.74 Å². The van der Waals surface area contributed by atoms with Gasteiger partial charge in [0, 0.05) is 24.5 Å². The zero-order valence-electron chi connectivity index (χ0n) is 12.5. The van der Waals surface area contributed by atoms with E-state index in [1.807, 2.05) is 37.6 Å². The topological polar surface area (TPSA) is 58.6 Å². The molecule has 118 valence electrons. The van der Waals surface area contributed by atoms with Crippen LogP contribution in [0.5, 0.6) is 5.75 Å². The van der Waals surface area contributed by atoms with Crippen molar-refractivity contribution in [3.05, 3.63) is 40.1 Å². The van der Waals surface area contributed by atoms with Gasteiger partial charge >= 0.3 is 0 Å². The van der Waals surface area contributed by atoms with Crippen molar-refractivity contribution in [1.29, 1.82) is 0 Å². The monoisotopic (exact) mass is 338 g/mol. The molecule has 1 N–H and O–H groups in total. The maximum absolute atomic E-state index is 12.5. The van der Waals surface area contributed by atoms with Crippen molar-refractivity contribution < 1.29 is 13.2 Å². The van der Waals surface area contributed by atoms with Crippen LogP contribution in [0.4, 0.5) is 5.69 Å². The summed E-state index contributed by atoms with van der Waals surface area (Å²) in [5.41, 5.74) is 1.65. The highest BCUT2D eigenvalue weighted by molar-refractivity contribution is 7.89. The van der Waals surface area contributed by atoms with Crippen LogP contribution in [0.15, 0.2) is 34.5 Å². The molecule has 0 spiro atoms. The number of rotatable bonds is 4. The largest absolute Gasteiger partial charge is 0.490 e. The van der Waals surface area contributed by atoms with Crippen LogP contribution in [0.25, 0.3) is 0 Å². The number of thiophene rings is 1. The molecule has 0 saturated heterocycles. The lowest BCUT2D eigenvalue weighted by Gasteiger charge is -2.28. The van der Waals surface area contributed by atoms with Crippen molar-refractivity contribution in [3.63, 3.8) is 0 Å². The number of anilines is 1. The Morgan fingerprint density at radius 2 is 2.23 bits per heavy atom. The molecule has 0 unspecified atom stereocenters. The molecule has 22 heavy (non-hydrogen) atoms. The van der Waals surface area contributed by atoms with Crippen molar-refractivity contribution in [2.24, 2.45) is 0 Å². The van der Waals surface area contributed by atoms with Gasteiger partial charge in [-0.05, 0) is 30.0 Å². The number of nitrogens with one attached hydrogen (secondary N) is 1. The first-order valence-electron chi connectivity index (χ1n) is 6.98. The maximum Gasteiger partial charge on any atom is 0.241 e. The Bertz CT molecular complexity index is 770. The second kappa shape index (κ2) is 5.91. The lowest BCUT2D eigenvalue weighted by Crippen LogP contribution is -2.30. The van der Waals surface area contributed by atoms with E-state index >= 15 is 0 Å². The summed E-state index contributed by atoms with van der Waals surface area (Å²) in [6, 6.07) is 7.30. The van der Waals surface area contributed by atoms with Gasteiger partial charge in [0.2, 0.25) is 10.0 Å². The quantitative estimate of drug-likeness (QED) is 0.930. The van der Waals surface area contributed by atoms with Gasteiger partial charge in [-0.25, -0.2) is 13.1 Å². The number of hydrogen-bond donors (Lipinski definition) is 1. The van der Waals surface area contributed by atoms with E-state index in [-0.39, 0.29) is 4.90 Å². The fourth-order valence-corrected chi connectivity index (χ4v) is 4.41. The third kappa shape index (κ3) is 2.97. The van der Waals surface area contributed by atoms with Gasteiger partial charge in [0.25, 0.3) is 0 Å². The van der Waals surface area contributed by atoms with Crippen molar-refractivity contribution in [2.45, 2.75) is 18.4 Å². The number of sulfonamides is 1. The zero-order chi connectivity index (χ0) is 15.7. The standard InChI is InChI=1S/C15H18N2O3S2/c1-11-8-13-14(20-6-5-17(13)2)9-15(11)22(18,19)16-10-12-4-3-7-21-12/h3-4,7-9,16H,5-6,10H2,1-2H3. The summed E-state index contributed by atoms with van der Waals surface area (Å²) in [6.45, 7) is 3.48. The number of fused-ring (bicyclic) bond motifs is 1. The zero-order valence-corrected chi connectivity index (χ0v) is 14.1. The minimum atomic E-state index is -3.56. The molecule has 3 rings (SSSR count). The Morgan fingerprint density at radius 1 is 1.41 bits per heavy atom. The van der Waals surface area contributed by atoms with Crippen LogP contribution in [0.2, 0.25) is 0 Å². The maximum atomic E-state index is 12.5. The van der Waals surface area contributed by atoms with Crippen molar-refractivity contribution in [1.82, 2.24) is 4.72 Å². The van der Waals surface area contributed by atoms with Gasteiger partial charge in [0.05, 0.1) is 17.1 Å². The van der Waals surface area contributed by atoms with Crippen LogP contribution in [-0.2, 0) is 16.6 Å². The average molecular weight is 338 g/mol. The molecule has 0 atom stereocenters. The molecule has 0 fully saturated rings. The van der Waals surface area contributed by atoms with Crippen molar-refractivity contribution in [2.75, 3.05) is 25.1 Å². The average Bonchev–Trinajstić information content (AvgIpc) is 2.99. The van der Waals surface area contributed by atoms with Gasteiger partial charge in [-0.1, -0.05) is 6.07 Å². The normalized spacial score (nSPS) is 14.5. The van der Waals surface area contributed by atoms with E-state index < -0.39 is 10.0 Å². The highest BCUT2D eigenvalue weighted by Crippen LogP contribution is 2.35. The van der Waals surface area contributed by atoms with E-state index in [2.05, 4.69) is 9.62 Å². The molecule has 0 amide bonds. The van der Waals surface area contributed by atoms with Gasteiger partial charge in [-0.2, -0.15) is 0 Å². The second-order valence-corrected chi connectivity index (χ2v) is 8.03. The Labute approximate surface area is 134 Å². The van der Waals surface area contributed by atoms with E-state index in [0.29, 0.717) is 18.9 Å². The molecular weight excluding hydrogens is 320 g/mol. The van der Waals surface area contributed by atoms with Gasteiger partial charge in [0.1, 0.15) is 12.4 Å². The van der Waals surface area contributed by atoms with Crippen LogP contribution in [-0.4, -0.2) is 28.6 Å². The van der Waals surface area contributed by atoms with Gasteiger partial charge in [0.15, 0.2) is 0 Å². The molecule has 0 aliphatic carbocycles. The van der Waals surface area contributed by atoms with E-state index in [1.165, 1.54) is 11.3 Å². The number of benzene rings is 1. The number of nitrogens with zero attached hydrogens (tertiary/aromatic N) is 1. The molecule has 2 heterocycles. The Balaban J connectivity index is 1.90. The smallest absolute Gasteiger partial charge is 0.241 e. The summed E-state index contributed by atoms with van der Waals surface area (Å²) in [5, 5.41) is 1.93. The third-order valence-electron chi connectivity index (χ3n) is 3.66. The minimum Gasteiger partial charge on any atom is -0.490 e. The summed E-state index contributed by atoms with van der Waals surface area (Å²) in [4.78, 5) is 3.33. The predicted octanol–water partition coefficient (Wildman–Crippen LogP) is 2.36. The number of aryl methyl sites for hydroxylation is 1. The van der Waals surface area contributed by atoms with E-state index in [9.17, 15) is 8.42 Å². The summed E-state index contributed by atoms with van der Waals surface area (Å²) < 4.78 is 33.3. The molecule has 7 heteroatoms. The summed E-state index contributed by atoms with van der Waals surface area (Å²) in [7, 11) is -1.58. The highest BCUT2D eigenvalue weighted by Gasteiger charge is 2.23. The van der Waals surface area contributed by atoms with Crippen LogP contribution in [0.1, 0.15) is 10.4 Å². The highest BCUT2D eigenvalue weighted by atomic mass is 32.2. The molecular formula is C15H18N2O3S2. The molecule has 1 aromatic carbocycles. The first-order valence-corrected chi connectivity index (χ1v) is 9.34. The predicted molar refractivity (Wildman–Crippen MR) is 88.3 cm³/mol. The van der Waals surface area contributed by atoms with Crippen LogP contribution < -0.4 is 14.4 Å². The fraction of sp³-hybridized carbons (Fsp3) is 0.333. The minimum absolute atomic E-state index is 0.276. The number of likely N-dealkylation sites (N-methyl/N-ethyl adjacent to an activating group) is 1. The van der Waals surface area contributed by atoms with Crippen LogP contribution in [0.3, 0.4) is 0 Å². The molecule has 1 aliphatic rings. The molecule has 5 nitrogen and oxygen atoms in total. The summed E-state index contributed by atoms with van der Waals surface area (Å²) in [5.74, 6) is 0.621. The molecule has 0 bridgehead atoms. The first kappa shape index (κ1) is 15.3. The summed E-state index contributed by atoms with van der Waals surface area (Å²) >= 11 is 1.53. The van der Waals surface area contributed by atoms with E-state index in [1.54, 1.807) is 6.07 Å². The lowest BCUT2D eigenvalue weighted by atomic mass is 10.2. The molecule has 2 aromatic rings. The molecule has 1 aliphatic heterocycles. The molecule has 0 radical (unpaired) electrons. The van der Waals surface area contributed by atoms with Gasteiger partial charge in [-0.15, -0.1) is 11.3 Å². The van der Waals surface area contributed by atoms with Crippen molar-refractivity contribution in [3.8, 4) is 5.75 Å². The Hall–Kier alpha value is -1.57. The van der Waals surface area contributed by atoms with Crippen molar-refractivity contribution >= 4 is 27.0 Å². The van der Waals surface area contributed by atoms with Gasteiger partial charge < -0.3 is 9.64 Å². The number of hydrogen-bond acceptors (Lipinski definition) is 5. The van der Waals surface area contributed by atoms with Crippen LogP contribution >= 0.6 is 11.3 Å². The van der Waals surface area contributed by atoms with Gasteiger partial charge in [-0.3, -0.25) is 0 Å². The second-order valence-electron chi connectivity index (χ2n) is 5.26. The SMILES string of the molecule is Cc1cc2c(cc1S(=O)(=O)NCc1cccs1)OCCN2C. The Kier molecular flexibility index (Phi) is 4.12. The lowest BCUT2D eigenvalue weighted by molar-refractivity contribution is 0.310. The molecule has 1 aromatic heterocycles. The first-order chi connectivity index (χ1) is 10.5. The Morgan fingerprint density at radius 3 is 2.95 bits per heavy atom. The van der Waals surface area contributed by atoms with Crippen LogP contribution in [0, 0.1) is 6.92 Å². The fourth-order valence-electron chi connectivity index (χ4n) is 2.43. The van der Waals surface area contributed by atoms with E-state index in [0.717, 1.165) is 22.7 Å². The number of ether oxygens (including phenoxy) is 1. The summed E-state index contributed by atoms with van der Waals surface area (Å²) in [6.07, 6.45) is 0. The third-order valence-corrected chi connectivity index (χ3v) is 6.08.